The average molecular weight is 230 g/mol. The second-order valence-electron chi connectivity index (χ2n) is 4.34. The molecule has 1 aromatic heterocycles. The molecule has 1 unspecified atom stereocenters. The maximum Gasteiger partial charge on any atom is 0.0964 e. The second-order valence-corrected chi connectivity index (χ2v) is 4.34. The second kappa shape index (κ2) is 5.10. The van der Waals surface area contributed by atoms with Crippen LogP contribution in [0.15, 0.2) is 30.5 Å². The summed E-state index contributed by atoms with van der Waals surface area (Å²) < 4.78 is 1.72. The third-order valence-electron chi connectivity index (χ3n) is 2.89. The topological polar surface area (TPSA) is 42.7 Å². The van der Waals surface area contributed by atoms with E-state index in [1.54, 1.807) is 4.68 Å². The standard InChI is InChI=1S/C13H18N4/c1-10-6-4-5-7-13(10)11(2)14-8-12-9-17(3)16-15-12/h4-7,9,11,14H,8H2,1-3H3. The fourth-order valence-electron chi connectivity index (χ4n) is 1.92. The van der Waals surface area contributed by atoms with Gasteiger partial charge < -0.3 is 5.32 Å². The summed E-state index contributed by atoms with van der Waals surface area (Å²) in [7, 11) is 1.88. The maximum absolute atomic E-state index is 4.05. The van der Waals surface area contributed by atoms with Crippen LogP contribution in [0.5, 0.6) is 0 Å². The molecule has 0 fully saturated rings. The third-order valence-corrected chi connectivity index (χ3v) is 2.89. The van der Waals surface area contributed by atoms with Gasteiger partial charge in [0.1, 0.15) is 0 Å². The Morgan fingerprint density at radius 3 is 2.76 bits per heavy atom. The van der Waals surface area contributed by atoms with Gasteiger partial charge in [0.15, 0.2) is 0 Å². The molecule has 0 bridgehead atoms. The number of aryl methyl sites for hydroxylation is 2. The maximum atomic E-state index is 4.05. The highest BCUT2D eigenvalue weighted by molar-refractivity contribution is 5.28. The molecule has 4 nitrogen and oxygen atoms in total. The van der Waals surface area contributed by atoms with Gasteiger partial charge >= 0.3 is 0 Å². The van der Waals surface area contributed by atoms with Crippen LogP contribution in [0.3, 0.4) is 0 Å². The van der Waals surface area contributed by atoms with E-state index >= 15 is 0 Å². The molecule has 0 aliphatic rings. The van der Waals surface area contributed by atoms with Crippen molar-refractivity contribution in [2.45, 2.75) is 26.4 Å². The van der Waals surface area contributed by atoms with Gasteiger partial charge in [0.25, 0.3) is 0 Å². The van der Waals surface area contributed by atoms with Crippen molar-refractivity contribution in [1.29, 1.82) is 0 Å². The van der Waals surface area contributed by atoms with E-state index in [-0.39, 0.29) is 0 Å². The molecule has 1 atom stereocenters. The van der Waals surface area contributed by atoms with Crippen LogP contribution >= 0.6 is 0 Å². The molecule has 17 heavy (non-hydrogen) atoms. The zero-order valence-electron chi connectivity index (χ0n) is 10.5. The summed E-state index contributed by atoms with van der Waals surface area (Å²) in [6.45, 7) is 5.04. The van der Waals surface area contributed by atoms with Gasteiger partial charge in [0.2, 0.25) is 0 Å². The highest BCUT2D eigenvalue weighted by atomic mass is 15.4. The van der Waals surface area contributed by atoms with Crippen molar-refractivity contribution in [3.8, 4) is 0 Å². The quantitative estimate of drug-likeness (QED) is 0.873. The Kier molecular flexibility index (Phi) is 3.54. The lowest BCUT2D eigenvalue weighted by atomic mass is 10.0. The van der Waals surface area contributed by atoms with Gasteiger partial charge in [0.05, 0.1) is 5.69 Å². The molecule has 1 N–H and O–H groups in total. The van der Waals surface area contributed by atoms with Crippen molar-refractivity contribution in [2.75, 3.05) is 0 Å². The van der Waals surface area contributed by atoms with Crippen LogP contribution in [0.1, 0.15) is 29.8 Å². The molecule has 0 aliphatic heterocycles. The van der Waals surface area contributed by atoms with Crippen LogP contribution in [-0.4, -0.2) is 15.0 Å². The van der Waals surface area contributed by atoms with Crippen molar-refractivity contribution >= 4 is 0 Å². The monoisotopic (exact) mass is 230 g/mol. The van der Waals surface area contributed by atoms with Crippen LogP contribution in [-0.2, 0) is 13.6 Å². The molecule has 0 saturated heterocycles. The lowest BCUT2D eigenvalue weighted by Gasteiger charge is -2.15. The van der Waals surface area contributed by atoms with Crippen LogP contribution < -0.4 is 5.32 Å². The van der Waals surface area contributed by atoms with Crippen molar-refractivity contribution in [3.63, 3.8) is 0 Å². The Hall–Kier alpha value is -1.68. The van der Waals surface area contributed by atoms with Gasteiger partial charge in [-0.15, -0.1) is 5.10 Å². The minimum atomic E-state index is 0.318. The molecule has 0 saturated carbocycles. The molecule has 90 valence electrons. The highest BCUT2D eigenvalue weighted by Gasteiger charge is 2.07. The Balaban J connectivity index is 1.98. The fraction of sp³-hybridized carbons (Fsp3) is 0.385. The fourth-order valence-corrected chi connectivity index (χ4v) is 1.92. The average Bonchev–Trinajstić information content (AvgIpc) is 2.73. The van der Waals surface area contributed by atoms with E-state index in [1.807, 2.05) is 13.2 Å². The minimum Gasteiger partial charge on any atom is -0.304 e. The smallest absolute Gasteiger partial charge is 0.0964 e. The summed E-state index contributed by atoms with van der Waals surface area (Å²) >= 11 is 0. The molecular weight excluding hydrogens is 212 g/mol. The van der Waals surface area contributed by atoms with Crippen molar-refractivity contribution < 1.29 is 0 Å². The van der Waals surface area contributed by atoms with Gasteiger partial charge in [-0.25, -0.2) is 0 Å². The van der Waals surface area contributed by atoms with Gasteiger partial charge in [-0.05, 0) is 25.0 Å². The lowest BCUT2D eigenvalue weighted by molar-refractivity contribution is 0.564. The number of rotatable bonds is 4. The van der Waals surface area contributed by atoms with E-state index in [1.165, 1.54) is 11.1 Å². The normalized spacial score (nSPS) is 12.6. The molecule has 0 aliphatic carbocycles. The van der Waals surface area contributed by atoms with Crippen LogP contribution in [0, 0.1) is 6.92 Å². The number of hydrogen-bond acceptors (Lipinski definition) is 3. The minimum absolute atomic E-state index is 0.318. The number of hydrogen-bond donors (Lipinski definition) is 1. The first kappa shape index (κ1) is 11.8. The summed E-state index contributed by atoms with van der Waals surface area (Å²) in [5.74, 6) is 0. The van der Waals surface area contributed by atoms with Crippen molar-refractivity contribution in [3.05, 3.63) is 47.3 Å². The van der Waals surface area contributed by atoms with E-state index < -0.39 is 0 Å². The summed E-state index contributed by atoms with van der Waals surface area (Å²) in [6, 6.07) is 8.74. The van der Waals surface area contributed by atoms with Crippen molar-refractivity contribution in [2.24, 2.45) is 7.05 Å². The number of nitrogens with zero attached hydrogens (tertiary/aromatic N) is 3. The molecule has 4 heteroatoms. The third kappa shape index (κ3) is 2.91. The molecule has 0 amide bonds. The Labute approximate surface area is 102 Å². The van der Waals surface area contributed by atoms with Gasteiger partial charge in [-0.3, -0.25) is 4.68 Å². The Morgan fingerprint density at radius 2 is 2.12 bits per heavy atom. The first-order chi connectivity index (χ1) is 8.16. The number of aromatic nitrogens is 3. The molecule has 0 radical (unpaired) electrons. The van der Waals surface area contributed by atoms with E-state index in [2.05, 4.69) is 53.7 Å². The first-order valence-corrected chi connectivity index (χ1v) is 5.81. The first-order valence-electron chi connectivity index (χ1n) is 5.81. The Bertz CT molecular complexity index is 490. The zero-order chi connectivity index (χ0) is 12.3. The summed E-state index contributed by atoms with van der Waals surface area (Å²) in [6.07, 6.45) is 1.93. The molecule has 2 rings (SSSR count). The summed E-state index contributed by atoms with van der Waals surface area (Å²) in [4.78, 5) is 0. The highest BCUT2D eigenvalue weighted by Crippen LogP contribution is 2.16. The molecule has 1 heterocycles. The van der Waals surface area contributed by atoms with E-state index in [9.17, 15) is 0 Å². The van der Waals surface area contributed by atoms with Gasteiger partial charge in [-0.2, -0.15) is 0 Å². The molecule has 1 aromatic carbocycles. The summed E-state index contributed by atoms with van der Waals surface area (Å²) in [5.41, 5.74) is 3.61. The van der Waals surface area contributed by atoms with Crippen LogP contribution in [0.2, 0.25) is 0 Å². The zero-order valence-corrected chi connectivity index (χ0v) is 10.5. The molecular formula is C13H18N4. The SMILES string of the molecule is Cc1ccccc1C(C)NCc1cn(C)nn1. The Morgan fingerprint density at radius 1 is 1.35 bits per heavy atom. The number of benzene rings is 1. The molecule has 2 aromatic rings. The van der Waals surface area contributed by atoms with E-state index in [0.717, 1.165) is 12.2 Å². The van der Waals surface area contributed by atoms with Gasteiger partial charge in [-0.1, -0.05) is 29.5 Å². The van der Waals surface area contributed by atoms with E-state index in [0.29, 0.717) is 6.04 Å². The molecule has 0 spiro atoms. The van der Waals surface area contributed by atoms with Crippen LogP contribution in [0.25, 0.3) is 0 Å². The van der Waals surface area contributed by atoms with E-state index in [4.69, 9.17) is 0 Å². The largest absolute Gasteiger partial charge is 0.304 e. The lowest BCUT2D eigenvalue weighted by Crippen LogP contribution is -2.19. The number of nitrogens with one attached hydrogen (secondary N) is 1. The van der Waals surface area contributed by atoms with Gasteiger partial charge in [0, 0.05) is 25.8 Å². The van der Waals surface area contributed by atoms with Crippen molar-refractivity contribution in [1.82, 2.24) is 20.3 Å². The predicted molar refractivity (Wildman–Crippen MR) is 67.4 cm³/mol. The van der Waals surface area contributed by atoms with Crippen LogP contribution in [0.4, 0.5) is 0 Å². The predicted octanol–water partition coefficient (Wildman–Crippen LogP) is 1.97. The summed E-state index contributed by atoms with van der Waals surface area (Å²) in [5, 5.41) is 11.4.